The van der Waals surface area contributed by atoms with E-state index in [0.29, 0.717) is 13.2 Å². The fourth-order valence-electron chi connectivity index (χ4n) is 2.11. The molecule has 1 aliphatic rings. The molecule has 0 aromatic heterocycles. The number of carbonyl (C=O) groups excluding carboxylic acids is 1. The largest absolute Gasteiger partial charge is 0.494 e. The lowest BCUT2D eigenvalue weighted by atomic mass is 9.92. The van der Waals surface area contributed by atoms with E-state index in [9.17, 15) is 4.79 Å². The Hall–Kier alpha value is -1.75. The van der Waals surface area contributed by atoms with Gasteiger partial charge in [-0.1, -0.05) is 6.07 Å². The minimum atomic E-state index is -0.757. The van der Waals surface area contributed by atoms with Gasteiger partial charge >= 0.3 is 6.09 Å². The van der Waals surface area contributed by atoms with Crippen molar-refractivity contribution < 1.29 is 14.3 Å². The van der Waals surface area contributed by atoms with Crippen LogP contribution < -0.4 is 15.8 Å². The van der Waals surface area contributed by atoms with Gasteiger partial charge in [-0.15, -0.1) is 0 Å². The Morgan fingerprint density at radius 3 is 2.83 bits per heavy atom. The molecule has 0 aliphatic carbocycles. The van der Waals surface area contributed by atoms with Crippen LogP contribution in [0.3, 0.4) is 0 Å². The first-order valence-electron chi connectivity index (χ1n) is 6.02. The van der Waals surface area contributed by atoms with Gasteiger partial charge in [-0.25, -0.2) is 4.79 Å². The number of rotatable bonds is 4. The normalized spacial score (nSPS) is 22.5. The van der Waals surface area contributed by atoms with E-state index >= 15 is 0 Å². The van der Waals surface area contributed by atoms with Gasteiger partial charge in [-0.3, -0.25) is 0 Å². The molecule has 18 heavy (non-hydrogen) atoms. The molecule has 0 bridgehead atoms. The zero-order valence-electron chi connectivity index (χ0n) is 10.7. The Morgan fingerprint density at radius 1 is 1.56 bits per heavy atom. The summed E-state index contributed by atoms with van der Waals surface area (Å²) >= 11 is 0. The third-order valence-electron chi connectivity index (χ3n) is 3.14. The number of nitrogens with one attached hydrogen (secondary N) is 1. The third kappa shape index (κ3) is 2.13. The van der Waals surface area contributed by atoms with Crippen molar-refractivity contribution >= 4 is 6.09 Å². The molecule has 1 aliphatic heterocycles. The molecule has 5 nitrogen and oxygen atoms in total. The molecule has 1 aromatic carbocycles. The number of hydrogen-bond acceptors (Lipinski definition) is 4. The van der Waals surface area contributed by atoms with E-state index in [-0.39, 0.29) is 6.54 Å². The van der Waals surface area contributed by atoms with Gasteiger partial charge in [0.2, 0.25) is 0 Å². The summed E-state index contributed by atoms with van der Waals surface area (Å²) in [5, 5.41) is 2.65. The lowest BCUT2D eigenvalue weighted by molar-refractivity contribution is 0.0616. The molecule has 1 heterocycles. The van der Waals surface area contributed by atoms with Crippen LogP contribution in [0, 0.1) is 6.92 Å². The highest BCUT2D eigenvalue weighted by Crippen LogP contribution is 2.31. The molecule has 1 amide bonds. The smallest absolute Gasteiger partial charge is 0.408 e. The molecule has 0 radical (unpaired) electrons. The van der Waals surface area contributed by atoms with Crippen LogP contribution in [-0.2, 0) is 10.3 Å². The van der Waals surface area contributed by atoms with Gasteiger partial charge in [-0.2, -0.15) is 0 Å². The van der Waals surface area contributed by atoms with E-state index in [2.05, 4.69) is 5.32 Å². The maximum atomic E-state index is 11.2. The lowest BCUT2D eigenvalue weighted by Gasteiger charge is -2.25. The number of ether oxygens (including phenoxy) is 2. The van der Waals surface area contributed by atoms with Crippen molar-refractivity contribution in [3.05, 3.63) is 29.3 Å². The second kappa shape index (κ2) is 4.86. The van der Waals surface area contributed by atoms with E-state index in [1.54, 1.807) is 0 Å². The van der Waals surface area contributed by atoms with Gasteiger partial charge in [0.25, 0.3) is 0 Å². The number of carbonyl (C=O) groups is 1. The Morgan fingerprint density at radius 2 is 2.33 bits per heavy atom. The summed E-state index contributed by atoms with van der Waals surface area (Å²) in [5.41, 5.74) is 6.90. The number of hydrogen-bond donors (Lipinski definition) is 2. The van der Waals surface area contributed by atoms with E-state index in [1.807, 2.05) is 32.0 Å². The molecule has 3 N–H and O–H groups in total. The van der Waals surface area contributed by atoms with Gasteiger partial charge in [0.15, 0.2) is 5.60 Å². The van der Waals surface area contributed by atoms with E-state index < -0.39 is 11.7 Å². The van der Waals surface area contributed by atoms with Crippen molar-refractivity contribution in [1.29, 1.82) is 0 Å². The number of nitrogens with two attached hydrogens (primary N) is 1. The molecular weight excluding hydrogens is 232 g/mol. The third-order valence-corrected chi connectivity index (χ3v) is 3.14. The van der Waals surface area contributed by atoms with Crippen molar-refractivity contribution in [2.24, 2.45) is 5.73 Å². The van der Waals surface area contributed by atoms with Crippen LogP contribution in [0.15, 0.2) is 18.2 Å². The highest BCUT2D eigenvalue weighted by atomic mass is 16.6. The minimum absolute atomic E-state index is 0.249. The second-order valence-corrected chi connectivity index (χ2v) is 4.35. The van der Waals surface area contributed by atoms with Gasteiger partial charge in [0.1, 0.15) is 5.75 Å². The summed E-state index contributed by atoms with van der Waals surface area (Å²) in [4.78, 5) is 11.2. The van der Waals surface area contributed by atoms with E-state index in [1.165, 1.54) is 0 Å². The average Bonchev–Trinajstić information content (AvgIpc) is 2.75. The molecule has 0 saturated carbocycles. The first kappa shape index (κ1) is 12.7. The monoisotopic (exact) mass is 250 g/mol. The predicted molar refractivity (Wildman–Crippen MR) is 67.6 cm³/mol. The minimum Gasteiger partial charge on any atom is -0.494 e. The molecule has 1 atom stereocenters. The van der Waals surface area contributed by atoms with Crippen LogP contribution in [0.1, 0.15) is 18.1 Å². The summed E-state index contributed by atoms with van der Waals surface area (Å²) in [6, 6.07) is 5.74. The summed E-state index contributed by atoms with van der Waals surface area (Å²) < 4.78 is 10.8. The Bertz CT molecular complexity index is 462. The van der Waals surface area contributed by atoms with Crippen LogP contribution in [0.25, 0.3) is 0 Å². The fraction of sp³-hybridized carbons (Fsp3) is 0.462. The number of amides is 1. The predicted octanol–water partition coefficient (Wildman–Crippen LogP) is 1.29. The highest BCUT2D eigenvalue weighted by molar-refractivity contribution is 5.71. The fourth-order valence-corrected chi connectivity index (χ4v) is 2.11. The van der Waals surface area contributed by atoms with Crippen LogP contribution in [-0.4, -0.2) is 25.8 Å². The first-order chi connectivity index (χ1) is 8.61. The first-order valence-corrected chi connectivity index (χ1v) is 6.02. The van der Waals surface area contributed by atoms with Crippen LogP contribution in [0.5, 0.6) is 5.75 Å². The van der Waals surface area contributed by atoms with Crippen molar-refractivity contribution in [3.63, 3.8) is 0 Å². The van der Waals surface area contributed by atoms with Crippen LogP contribution >= 0.6 is 0 Å². The molecule has 1 fully saturated rings. The molecular formula is C13H18N2O3. The molecule has 1 unspecified atom stereocenters. The van der Waals surface area contributed by atoms with Gasteiger partial charge in [-0.05, 0) is 37.1 Å². The lowest BCUT2D eigenvalue weighted by Crippen LogP contribution is -2.38. The Balaban J connectivity index is 2.33. The van der Waals surface area contributed by atoms with Crippen molar-refractivity contribution in [2.45, 2.75) is 19.4 Å². The van der Waals surface area contributed by atoms with Crippen LogP contribution in [0.2, 0.25) is 0 Å². The Kier molecular flexibility index (Phi) is 3.43. The van der Waals surface area contributed by atoms with E-state index in [0.717, 1.165) is 16.9 Å². The summed E-state index contributed by atoms with van der Waals surface area (Å²) in [5.74, 6) is 0.839. The molecule has 2 rings (SSSR count). The number of cyclic esters (lactones) is 1. The molecule has 0 spiro atoms. The summed E-state index contributed by atoms with van der Waals surface area (Å²) in [6.45, 7) is 5.17. The highest BCUT2D eigenvalue weighted by Gasteiger charge is 2.41. The SMILES string of the molecule is CCOc1ccc(C2(CN)CNC(=O)O2)cc1C. The zero-order valence-corrected chi connectivity index (χ0v) is 10.7. The van der Waals surface area contributed by atoms with E-state index in [4.69, 9.17) is 15.2 Å². The maximum Gasteiger partial charge on any atom is 0.408 e. The number of aryl methyl sites for hydroxylation is 1. The zero-order chi connectivity index (χ0) is 13.2. The summed E-state index contributed by atoms with van der Waals surface area (Å²) in [6.07, 6.45) is -0.424. The quantitative estimate of drug-likeness (QED) is 0.844. The number of alkyl carbamates (subject to hydrolysis) is 1. The standard InChI is InChI=1S/C13H18N2O3/c1-3-17-11-5-4-10(6-9(11)2)13(7-14)8-15-12(16)18-13/h4-6H,3,7-8,14H2,1-2H3,(H,15,16). The van der Waals surface area contributed by atoms with Crippen molar-refractivity contribution in [3.8, 4) is 5.75 Å². The van der Waals surface area contributed by atoms with Crippen LogP contribution in [0.4, 0.5) is 4.79 Å². The summed E-state index contributed by atoms with van der Waals surface area (Å²) in [7, 11) is 0. The topological polar surface area (TPSA) is 73.6 Å². The molecule has 98 valence electrons. The van der Waals surface area contributed by atoms with Gasteiger partial charge < -0.3 is 20.5 Å². The Labute approximate surface area is 106 Å². The second-order valence-electron chi connectivity index (χ2n) is 4.35. The number of benzene rings is 1. The van der Waals surface area contributed by atoms with Gasteiger partial charge in [0.05, 0.1) is 13.2 Å². The molecule has 1 aromatic rings. The maximum absolute atomic E-state index is 11.2. The average molecular weight is 250 g/mol. The molecule has 5 heteroatoms. The molecule has 1 saturated heterocycles. The van der Waals surface area contributed by atoms with Crippen molar-refractivity contribution in [2.75, 3.05) is 19.7 Å². The van der Waals surface area contributed by atoms with Crippen molar-refractivity contribution in [1.82, 2.24) is 5.32 Å². The van der Waals surface area contributed by atoms with Gasteiger partial charge in [0, 0.05) is 6.54 Å².